The first-order valence-electron chi connectivity index (χ1n) is 12.6. The van der Waals surface area contributed by atoms with Crippen LogP contribution in [-0.2, 0) is 4.79 Å². The Kier molecular flexibility index (Phi) is 8.28. The molecular formula is C29H38N2O3. The second kappa shape index (κ2) is 11.6. The molecule has 4 rings (SSSR count). The molecular weight excluding hydrogens is 424 g/mol. The van der Waals surface area contributed by atoms with Crippen molar-refractivity contribution in [3.63, 3.8) is 0 Å². The minimum atomic E-state index is -0.0377. The van der Waals surface area contributed by atoms with E-state index in [2.05, 4.69) is 41.4 Å². The molecule has 0 radical (unpaired) electrons. The van der Waals surface area contributed by atoms with Gasteiger partial charge in [-0.2, -0.15) is 0 Å². The van der Waals surface area contributed by atoms with Crippen molar-refractivity contribution >= 4 is 12.0 Å². The highest BCUT2D eigenvalue weighted by Gasteiger charge is 2.30. The molecule has 0 atom stereocenters. The van der Waals surface area contributed by atoms with Crippen LogP contribution in [0, 0.1) is 6.92 Å². The number of piperidine rings is 1. The SMILES string of the molecule is COc1cc(/C=C/C(=O)NC2CCC(N3CCC(c4ccccc4C)CC3)CC2)cc(OC)c1. The van der Waals surface area contributed by atoms with Crippen LogP contribution in [0.2, 0.25) is 0 Å². The number of ether oxygens (including phenoxy) is 2. The largest absolute Gasteiger partial charge is 0.497 e. The van der Waals surface area contributed by atoms with Gasteiger partial charge in [-0.1, -0.05) is 24.3 Å². The predicted octanol–water partition coefficient (Wildman–Crippen LogP) is 5.33. The molecule has 1 saturated carbocycles. The third kappa shape index (κ3) is 6.20. The fourth-order valence-corrected chi connectivity index (χ4v) is 5.55. The molecule has 182 valence electrons. The van der Waals surface area contributed by atoms with Crippen molar-refractivity contribution in [2.45, 2.75) is 63.5 Å². The maximum Gasteiger partial charge on any atom is 0.244 e. The quantitative estimate of drug-likeness (QED) is 0.565. The van der Waals surface area contributed by atoms with E-state index >= 15 is 0 Å². The lowest BCUT2D eigenvalue weighted by Crippen LogP contribution is -2.46. The second-order valence-electron chi connectivity index (χ2n) is 9.66. The van der Waals surface area contributed by atoms with Gasteiger partial charge in [0.05, 0.1) is 14.2 Å². The molecule has 5 nitrogen and oxygen atoms in total. The lowest BCUT2D eigenvalue weighted by Gasteiger charge is -2.41. The molecule has 1 aliphatic carbocycles. The molecule has 2 aliphatic rings. The molecule has 1 amide bonds. The standard InChI is InChI=1S/C29H38N2O3/c1-21-6-4-5-7-28(21)23-14-16-31(17-15-23)25-11-9-24(10-12-25)30-29(32)13-8-22-18-26(33-2)20-27(19-22)34-3/h4-8,13,18-20,23-25H,9-12,14-17H2,1-3H3,(H,30,32)/b13-8+. The van der Waals surface area contributed by atoms with E-state index in [4.69, 9.17) is 9.47 Å². The van der Waals surface area contributed by atoms with E-state index in [1.54, 1.807) is 20.3 Å². The summed E-state index contributed by atoms with van der Waals surface area (Å²) in [5.74, 6) is 2.08. The van der Waals surface area contributed by atoms with E-state index in [9.17, 15) is 4.79 Å². The van der Waals surface area contributed by atoms with Crippen molar-refractivity contribution in [2.75, 3.05) is 27.3 Å². The smallest absolute Gasteiger partial charge is 0.244 e. The maximum atomic E-state index is 12.5. The highest BCUT2D eigenvalue weighted by molar-refractivity contribution is 5.92. The van der Waals surface area contributed by atoms with Gasteiger partial charge < -0.3 is 19.7 Å². The van der Waals surface area contributed by atoms with Crippen molar-refractivity contribution in [1.29, 1.82) is 0 Å². The Hall–Kier alpha value is -2.79. The molecule has 0 aromatic heterocycles. The summed E-state index contributed by atoms with van der Waals surface area (Å²) < 4.78 is 10.6. The monoisotopic (exact) mass is 462 g/mol. The molecule has 2 aromatic carbocycles. The van der Waals surface area contributed by atoms with Crippen LogP contribution < -0.4 is 14.8 Å². The van der Waals surface area contributed by atoms with Gasteiger partial charge in [0.2, 0.25) is 5.91 Å². The van der Waals surface area contributed by atoms with Crippen molar-refractivity contribution < 1.29 is 14.3 Å². The van der Waals surface area contributed by atoms with E-state index in [-0.39, 0.29) is 11.9 Å². The number of nitrogens with one attached hydrogen (secondary N) is 1. The van der Waals surface area contributed by atoms with Crippen molar-refractivity contribution in [1.82, 2.24) is 10.2 Å². The number of hydrogen-bond acceptors (Lipinski definition) is 4. The molecule has 1 saturated heterocycles. The van der Waals surface area contributed by atoms with Crippen LogP contribution in [0.3, 0.4) is 0 Å². The fraction of sp³-hybridized carbons (Fsp3) is 0.483. The van der Waals surface area contributed by atoms with Gasteiger partial charge in [0, 0.05) is 24.2 Å². The summed E-state index contributed by atoms with van der Waals surface area (Å²) in [6.45, 7) is 4.61. The van der Waals surface area contributed by atoms with E-state index in [0.29, 0.717) is 23.5 Å². The Balaban J connectivity index is 1.22. The van der Waals surface area contributed by atoms with Gasteiger partial charge in [-0.3, -0.25) is 4.79 Å². The molecule has 5 heteroatoms. The van der Waals surface area contributed by atoms with Gasteiger partial charge in [0.25, 0.3) is 0 Å². The summed E-state index contributed by atoms with van der Waals surface area (Å²) in [4.78, 5) is 15.2. The van der Waals surface area contributed by atoms with E-state index < -0.39 is 0 Å². The Morgan fingerprint density at radius 2 is 1.59 bits per heavy atom. The number of carbonyl (C=O) groups excluding carboxylic acids is 1. The van der Waals surface area contributed by atoms with Crippen LogP contribution in [-0.4, -0.2) is 50.2 Å². The molecule has 2 fully saturated rings. The average Bonchev–Trinajstić information content (AvgIpc) is 2.88. The van der Waals surface area contributed by atoms with Crippen molar-refractivity contribution in [3.8, 4) is 11.5 Å². The topological polar surface area (TPSA) is 50.8 Å². The third-order valence-electron chi connectivity index (χ3n) is 7.52. The first-order chi connectivity index (χ1) is 16.6. The predicted molar refractivity (Wildman–Crippen MR) is 137 cm³/mol. The van der Waals surface area contributed by atoms with Crippen LogP contribution >= 0.6 is 0 Å². The molecule has 34 heavy (non-hydrogen) atoms. The number of carbonyl (C=O) groups is 1. The second-order valence-corrected chi connectivity index (χ2v) is 9.66. The van der Waals surface area contributed by atoms with Crippen LogP contribution in [0.1, 0.15) is 61.1 Å². The number of benzene rings is 2. The Morgan fingerprint density at radius 1 is 0.941 bits per heavy atom. The number of likely N-dealkylation sites (tertiary alicyclic amines) is 1. The Bertz CT molecular complexity index is 964. The molecule has 1 heterocycles. The number of nitrogens with zero attached hydrogens (tertiary/aromatic N) is 1. The molecule has 0 unspecified atom stereocenters. The summed E-state index contributed by atoms with van der Waals surface area (Å²) in [5, 5.41) is 3.20. The summed E-state index contributed by atoms with van der Waals surface area (Å²) in [6, 6.07) is 15.4. The first kappa shape index (κ1) is 24.3. The summed E-state index contributed by atoms with van der Waals surface area (Å²) >= 11 is 0. The zero-order chi connectivity index (χ0) is 23.9. The first-order valence-corrected chi connectivity index (χ1v) is 12.6. The fourth-order valence-electron chi connectivity index (χ4n) is 5.55. The highest BCUT2D eigenvalue weighted by Crippen LogP contribution is 2.33. The molecule has 0 bridgehead atoms. The zero-order valence-corrected chi connectivity index (χ0v) is 20.8. The Morgan fingerprint density at radius 3 is 2.21 bits per heavy atom. The Labute approximate surface area is 204 Å². The number of rotatable bonds is 7. The molecule has 1 N–H and O–H groups in total. The number of amides is 1. The zero-order valence-electron chi connectivity index (χ0n) is 20.8. The molecule has 2 aromatic rings. The van der Waals surface area contributed by atoms with Crippen LogP contribution in [0.5, 0.6) is 11.5 Å². The number of hydrogen-bond donors (Lipinski definition) is 1. The normalized spacial score (nSPS) is 22.0. The lowest BCUT2D eigenvalue weighted by molar-refractivity contribution is -0.117. The van der Waals surface area contributed by atoms with Gasteiger partial charge in [0.1, 0.15) is 11.5 Å². The van der Waals surface area contributed by atoms with E-state index in [0.717, 1.165) is 31.2 Å². The van der Waals surface area contributed by atoms with Crippen LogP contribution in [0.4, 0.5) is 0 Å². The number of methoxy groups -OCH3 is 2. The van der Waals surface area contributed by atoms with Crippen LogP contribution in [0.15, 0.2) is 48.5 Å². The van der Waals surface area contributed by atoms with E-state index in [1.807, 2.05) is 24.3 Å². The highest BCUT2D eigenvalue weighted by atomic mass is 16.5. The van der Waals surface area contributed by atoms with E-state index in [1.165, 1.54) is 37.1 Å². The average molecular weight is 463 g/mol. The van der Waals surface area contributed by atoms with Gasteiger partial charge in [0.15, 0.2) is 0 Å². The number of aryl methyl sites for hydroxylation is 1. The summed E-state index contributed by atoms with van der Waals surface area (Å²) in [5.41, 5.74) is 3.84. The minimum absolute atomic E-state index is 0.0377. The van der Waals surface area contributed by atoms with Crippen LogP contribution in [0.25, 0.3) is 6.08 Å². The minimum Gasteiger partial charge on any atom is -0.497 e. The maximum absolute atomic E-state index is 12.5. The van der Waals surface area contributed by atoms with Gasteiger partial charge in [-0.25, -0.2) is 0 Å². The van der Waals surface area contributed by atoms with Gasteiger partial charge >= 0.3 is 0 Å². The van der Waals surface area contributed by atoms with Crippen molar-refractivity contribution in [3.05, 3.63) is 65.2 Å². The molecule has 0 spiro atoms. The lowest BCUT2D eigenvalue weighted by atomic mass is 9.84. The van der Waals surface area contributed by atoms with Gasteiger partial charge in [-0.15, -0.1) is 0 Å². The van der Waals surface area contributed by atoms with Gasteiger partial charge in [-0.05, 0) is 99.4 Å². The summed E-state index contributed by atoms with van der Waals surface area (Å²) in [6.07, 6.45) is 10.3. The molecule has 1 aliphatic heterocycles. The third-order valence-corrected chi connectivity index (χ3v) is 7.52. The summed E-state index contributed by atoms with van der Waals surface area (Å²) in [7, 11) is 3.25. The van der Waals surface area contributed by atoms with Crippen molar-refractivity contribution in [2.24, 2.45) is 0 Å².